The Bertz CT molecular complexity index is 612. The number of hydrogen-bond donors (Lipinski definition) is 0. The zero-order valence-corrected chi connectivity index (χ0v) is 13.6. The van der Waals surface area contributed by atoms with Crippen molar-refractivity contribution >= 4 is 0 Å². The third kappa shape index (κ3) is 2.92. The molecule has 0 bridgehead atoms. The van der Waals surface area contributed by atoms with Crippen molar-refractivity contribution in [2.24, 2.45) is 0 Å². The van der Waals surface area contributed by atoms with Crippen molar-refractivity contribution in [2.45, 2.75) is 37.3 Å². The first kappa shape index (κ1) is 14.9. The quantitative estimate of drug-likeness (QED) is 0.755. The van der Waals surface area contributed by atoms with E-state index < -0.39 is 0 Å². The number of benzene rings is 2. The van der Waals surface area contributed by atoms with E-state index in [1.54, 1.807) is 0 Å². The Labute approximate surface area is 137 Å². The van der Waals surface area contributed by atoms with Gasteiger partial charge in [0.15, 0.2) is 0 Å². The second kappa shape index (κ2) is 5.45. The fourth-order valence-corrected chi connectivity index (χ4v) is 3.24. The van der Waals surface area contributed by atoms with Crippen LogP contribution < -0.4 is 0 Å². The zero-order chi connectivity index (χ0) is 15.9. The van der Waals surface area contributed by atoms with Gasteiger partial charge in [-0.05, 0) is 25.0 Å². The monoisotopic (exact) mass is 310 g/mol. The van der Waals surface area contributed by atoms with Crippen LogP contribution in [-0.4, -0.2) is 24.4 Å². The molecular weight excluding hydrogens is 288 g/mol. The highest BCUT2D eigenvalue weighted by molar-refractivity contribution is 5.26. The Kier molecular flexibility index (Phi) is 3.52. The smallest absolute Gasteiger partial charge is 0.120 e. The van der Waals surface area contributed by atoms with Crippen LogP contribution in [0.5, 0.6) is 0 Å². The first-order valence-corrected chi connectivity index (χ1v) is 8.14. The van der Waals surface area contributed by atoms with Gasteiger partial charge in [0, 0.05) is 0 Å². The zero-order valence-electron chi connectivity index (χ0n) is 13.6. The van der Waals surface area contributed by atoms with E-state index in [4.69, 9.17) is 14.2 Å². The minimum absolute atomic E-state index is 0.140. The highest BCUT2D eigenvalue weighted by atomic mass is 16.7. The molecule has 2 aliphatic rings. The van der Waals surface area contributed by atoms with Crippen molar-refractivity contribution in [3.05, 3.63) is 71.8 Å². The van der Waals surface area contributed by atoms with Gasteiger partial charge < -0.3 is 14.2 Å². The summed E-state index contributed by atoms with van der Waals surface area (Å²) in [6.07, 6.45) is 0.281. The minimum atomic E-state index is -0.213. The molecule has 23 heavy (non-hydrogen) atoms. The van der Waals surface area contributed by atoms with Crippen molar-refractivity contribution in [1.82, 2.24) is 0 Å². The molecule has 0 radical (unpaired) electrons. The molecule has 0 N–H and O–H groups in total. The van der Waals surface area contributed by atoms with Gasteiger partial charge in [0.25, 0.3) is 0 Å². The van der Waals surface area contributed by atoms with Crippen LogP contribution in [0.2, 0.25) is 0 Å². The average molecular weight is 310 g/mol. The Morgan fingerprint density at radius 1 is 0.739 bits per heavy atom. The fraction of sp³-hybridized carbons (Fsp3) is 0.400. The molecule has 0 aromatic heterocycles. The van der Waals surface area contributed by atoms with E-state index in [1.165, 1.54) is 11.1 Å². The van der Waals surface area contributed by atoms with Crippen LogP contribution in [0.25, 0.3) is 0 Å². The maximum atomic E-state index is 5.94. The minimum Gasteiger partial charge on any atom is -0.375 e. The standard InChI is InChI=1S/C20H22O3/c1-19(17(22-19)15-9-5-3-6-10-15)13-21-14-20(2)18(23-20)16-11-7-4-8-12-16/h3-12,17-18H,13-14H2,1-2H3. The van der Waals surface area contributed by atoms with E-state index in [-0.39, 0.29) is 23.4 Å². The van der Waals surface area contributed by atoms with Crippen molar-refractivity contribution < 1.29 is 14.2 Å². The molecule has 3 heteroatoms. The maximum absolute atomic E-state index is 5.94. The van der Waals surface area contributed by atoms with Crippen LogP contribution in [0.15, 0.2) is 60.7 Å². The molecular formula is C20H22O3. The number of rotatable bonds is 6. The summed E-state index contributed by atoms with van der Waals surface area (Å²) in [7, 11) is 0. The van der Waals surface area contributed by atoms with Gasteiger partial charge in [-0.2, -0.15) is 0 Å². The fourth-order valence-electron chi connectivity index (χ4n) is 3.24. The molecule has 2 aromatic carbocycles. The van der Waals surface area contributed by atoms with Crippen molar-refractivity contribution in [2.75, 3.05) is 13.2 Å². The lowest BCUT2D eigenvalue weighted by Crippen LogP contribution is -2.22. The number of epoxide rings is 2. The summed E-state index contributed by atoms with van der Waals surface area (Å²) >= 11 is 0. The van der Waals surface area contributed by atoms with E-state index in [9.17, 15) is 0 Å². The van der Waals surface area contributed by atoms with Gasteiger partial charge in [-0.3, -0.25) is 0 Å². The van der Waals surface area contributed by atoms with Gasteiger partial charge in [-0.25, -0.2) is 0 Å². The van der Waals surface area contributed by atoms with Crippen LogP contribution >= 0.6 is 0 Å². The van der Waals surface area contributed by atoms with Crippen LogP contribution in [0.1, 0.15) is 37.2 Å². The summed E-state index contributed by atoms with van der Waals surface area (Å²) in [5.41, 5.74) is 2.01. The van der Waals surface area contributed by atoms with E-state index >= 15 is 0 Å². The van der Waals surface area contributed by atoms with Crippen molar-refractivity contribution in [3.63, 3.8) is 0 Å². The lowest BCUT2D eigenvalue weighted by Gasteiger charge is -2.11. The Morgan fingerprint density at radius 3 is 1.52 bits per heavy atom. The molecule has 0 saturated carbocycles. The Balaban J connectivity index is 1.29. The van der Waals surface area contributed by atoms with Gasteiger partial charge >= 0.3 is 0 Å². The van der Waals surface area contributed by atoms with Crippen molar-refractivity contribution in [1.29, 1.82) is 0 Å². The topological polar surface area (TPSA) is 34.3 Å². The summed E-state index contributed by atoms with van der Waals surface area (Å²) in [4.78, 5) is 0. The molecule has 2 aromatic rings. The first-order valence-electron chi connectivity index (χ1n) is 8.14. The largest absolute Gasteiger partial charge is 0.375 e. The summed E-state index contributed by atoms with van der Waals surface area (Å²) in [5.74, 6) is 0. The molecule has 2 heterocycles. The van der Waals surface area contributed by atoms with Crippen LogP contribution in [-0.2, 0) is 14.2 Å². The lowest BCUT2D eigenvalue weighted by molar-refractivity contribution is 0.0520. The first-order chi connectivity index (χ1) is 11.1. The average Bonchev–Trinajstić information content (AvgIpc) is 3.45. The molecule has 4 rings (SSSR count). The highest BCUT2D eigenvalue weighted by Gasteiger charge is 2.56. The third-order valence-electron chi connectivity index (χ3n) is 4.75. The van der Waals surface area contributed by atoms with Crippen LogP contribution in [0, 0.1) is 0 Å². The van der Waals surface area contributed by atoms with Gasteiger partial charge in [0.2, 0.25) is 0 Å². The lowest BCUT2D eigenvalue weighted by atomic mass is 10.0. The van der Waals surface area contributed by atoms with E-state index in [1.807, 2.05) is 36.4 Å². The van der Waals surface area contributed by atoms with Gasteiger partial charge in [-0.1, -0.05) is 60.7 Å². The third-order valence-corrected chi connectivity index (χ3v) is 4.75. The van der Waals surface area contributed by atoms with E-state index in [0.717, 1.165) is 0 Å². The van der Waals surface area contributed by atoms with Gasteiger partial charge in [0.05, 0.1) is 13.2 Å². The molecule has 3 nitrogen and oxygen atoms in total. The molecule has 0 aliphatic carbocycles. The van der Waals surface area contributed by atoms with Gasteiger partial charge in [0.1, 0.15) is 23.4 Å². The highest BCUT2D eigenvalue weighted by Crippen LogP contribution is 2.51. The summed E-state index contributed by atoms with van der Waals surface area (Å²) in [6.45, 7) is 5.39. The normalized spacial score (nSPS) is 35.0. The molecule has 2 aliphatic heterocycles. The molecule has 0 spiro atoms. The molecule has 4 atom stereocenters. The predicted molar refractivity (Wildman–Crippen MR) is 88.2 cm³/mol. The van der Waals surface area contributed by atoms with E-state index in [2.05, 4.69) is 38.1 Å². The summed E-state index contributed by atoms with van der Waals surface area (Å²) < 4.78 is 17.7. The second-order valence-electron chi connectivity index (χ2n) is 6.94. The number of hydrogen-bond acceptors (Lipinski definition) is 3. The molecule has 2 saturated heterocycles. The van der Waals surface area contributed by atoms with Gasteiger partial charge in [-0.15, -0.1) is 0 Å². The SMILES string of the molecule is CC1(COCC2(C)OC2c2ccccc2)OC1c1ccccc1. The van der Waals surface area contributed by atoms with Crippen LogP contribution in [0.3, 0.4) is 0 Å². The number of ether oxygens (including phenoxy) is 3. The molecule has 120 valence electrons. The van der Waals surface area contributed by atoms with Crippen molar-refractivity contribution in [3.8, 4) is 0 Å². The van der Waals surface area contributed by atoms with E-state index in [0.29, 0.717) is 13.2 Å². The Morgan fingerprint density at radius 2 is 1.13 bits per heavy atom. The predicted octanol–water partition coefficient (Wildman–Crippen LogP) is 4.06. The molecule has 4 unspecified atom stereocenters. The summed E-state index contributed by atoms with van der Waals surface area (Å²) in [6, 6.07) is 20.6. The molecule has 0 amide bonds. The maximum Gasteiger partial charge on any atom is 0.120 e. The van der Waals surface area contributed by atoms with Crippen LogP contribution in [0.4, 0.5) is 0 Å². The molecule has 2 fully saturated rings. The summed E-state index contributed by atoms with van der Waals surface area (Å²) in [5, 5.41) is 0. The second-order valence-corrected chi connectivity index (χ2v) is 6.94. The Hall–Kier alpha value is -1.68.